The molecule has 2 N–H and O–H groups in total. The number of carbonyl (C=O) groups excluding carboxylic acids is 2. The van der Waals surface area contributed by atoms with Gasteiger partial charge in [0.05, 0.1) is 35.5 Å². The van der Waals surface area contributed by atoms with Crippen molar-refractivity contribution in [1.82, 2.24) is 35.1 Å². The molecule has 0 aliphatic rings. The Kier molecular flexibility index (Phi) is 11.6. The monoisotopic (exact) mass is 547 g/mol. The molecule has 37 heavy (non-hydrogen) atoms. The fourth-order valence-electron chi connectivity index (χ4n) is 3.87. The SMILES string of the molecule is CN(C)CC(=O)N[C@@H](CCCCCC(=O)c1ncco1)c1nc(-c2ccc3nccnc3c2)c[nH]1.Cl.Cl. The minimum atomic E-state index is -0.265. The maximum atomic E-state index is 12.5. The second-order valence-electron chi connectivity index (χ2n) is 8.65. The Hall–Kier alpha value is -3.34. The van der Waals surface area contributed by atoms with Gasteiger partial charge >= 0.3 is 0 Å². The van der Waals surface area contributed by atoms with E-state index in [2.05, 4.69) is 25.3 Å². The van der Waals surface area contributed by atoms with Gasteiger partial charge in [-0.2, -0.15) is 0 Å². The number of oxazole rings is 1. The van der Waals surface area contributed by atoms with Crippen LogP contribution in [0.2, 0.25) is 0 Å². The summed E-state index contributed by atoms with van der Waals surface area (Å²) < 4.78 is 5.05. The predicted molar refractivity (Wildman–Crippen MR) is 145 cm³/mol. The molecule has 10 nitrogen and oxygen atoms in total. The predicted octanol–water partition coefficient (Wildman–Crippen LogP) is 4.40. The summed E-state index contributed by atoms with van der Waals surface area (Å²) >= 11 is 0. The number of H-pyrrole nitrogens is 1. The van der Waals surface area contributed by atoms with E-state index < -0.39 is 0 Å². The maximum absolute atomic E-state index is 12.5. The largest absolute Gasteiger partial charge is 0.442 e. The summed E-state index contributed by atoms with van der Waals surface area (Å²) in [6.07, 6.45) is 11.5. The van der Waals surface area contributed by atoms with Crippen LogP contribution in [-0.2, 0) is 4.79 Å². The molecule has 0 saturated heterocycles. The Bertz CT molecular complexity index is 1280. The zero-order valence-electron chi connectivity index (χ0n) is 20.7. The van der Waals surface area contributed by atoms with Crippen molar-refractivity contribution in [3.63, 3.8) is 0 Å². The van der Waals surface area contributed by atoms with Crippen LogP contribution >= 0.6 is 24.8 Å². The molecule has 1 amide bonds. The number of imidazole rings is 1. The number of ketones is 1. The van der Waals surface area contributed by atoms with E-state index in [-0.39, 0.29) is 55.0 Å². The van der Waals surface area contributed by atoms with Gasteiger partial charge in [0.2, 0.25) is 11.7 Å². The van der Waals surface area contributed by atoms with Crippen LogP contribution in [0.15, 0.2) is 53.7 Å². The van der Waals surface area contributed by atoms with Crippen LogP contribution in [0.5, 0.6) is 0 Å². The smallest absolute Gasteiger partial charge is 0.263 e. The molecule has 0 spiro atoms. The molecule has 0 aliphatic heterocycles. The second-order valence-corrected chi connectivity index (χ2v) is 8.65. The Balaban J connectivity index is 0.00000241. The van der Waals surface area contributed by atoms with E-state index in [1.165, 1.54) is 12.5 Å². The van der Waals surface area contributed by atoms with Crippen molar-refractivity contribution < 1.29 is 14.0 Å². The zero-order chi connectivity index (χ0) is 24.6. The van der Waals surface area contributed by atoms with Gasteiger partial charge in [-0.25, -0.2) is 9.97 Å². The summed E-state index contributed by atoms with van der Waals surface area (Å²) in [6, 6.07) is 5.56. The second kappa shape index (κ2) is 14.4. The minimum absolute atomic E-state index is 0. The van der Waals surface area contributed by atoms with Crippen molar-refractivity contribution in [2.24, 2.45) is 0 Å². The molecule has 0 bridgehead atoms. The molecular formula is C25H31Cl2N7O3. The molecule has 0 aliphatic carbocycles. The van der Waals surface area contributed by atoms with Crippen molar-refractivity contribution in [1.29, 1.82) is 0 Å². The summed E-state index contributed by atoms with van der Waals surface area (Å²) in [5.74, 6) is 0.684. The van der Waals surface area contributed by atoms with E-state index in [1.807, 2.05) is 43.4 Å². The first-order valence-corrected chi connectivity index (χ1v) is 11.6. The van der Waals surface area contributed by atoms with Gasteiger partial charge in [-0.1, -0.05) is 18.9 Å². The maximum Gasteiger partial charge on any atom is 0.263 e. The van der Waals surface area contributed by atoms with Crippen molar-refractivity contribution in [2.75, 3.05) is 20.6 Å². The fourth-order valence-corrected chi connectivity index (χ4v) is 3.87. The molecule has 3 aromatic heterocycles. The molecule has 198 valence electrons. The zero-order valence-corrected chi connectivity index (χ0v) is 22.3. The van der Waals surface area contributed by atoms with Gasteiger partial charge in [0, 0.05) is 30.6 Å². The number of nitrogens with one attached hydrogen (secondary N) is 2. The summed E-state index contributed by atoms with van der Waals surface area (Å²) in [6.45, 7) is 0.290. The normalized spacial score (nSPS) is 11.5. The summed E-state index contributed by atoms with van der Waals surface area (Å²) in [7, 11) is 3.71. The summed E-state index contributed by atoms with van der Waals surface area (Å²) in [4.78, 5) is 47.0. The first kappa shape index (κ1) is 29.9. The van der Waals surface area contributed by atoms with Gasteiger partial charge in [-0.15, -0.1) is 24.8 Å². The molecule has 0 fully saturated rings. The Morgan fingerprint density at radius 1 is 1.03 bits per heavy atom. The standard InChI is InChI=1S/C25H29N7O3.2ClH/c1-32(2)16-23(34)30-19(6-4-3-5-7-22(33)25-28-12-13-35-25)24-29-15-21(31-24)17-8-9-18-20(14-17)27-11-10-26-18;;/h8-15,19H,3-7,16H2,1-2H3,(H,29,31)(H,30,34);2*1H/t19-;;/m0../s1. The van der Waals surface area contributed by atoms with E-state index in [4.69, 9.17) is 9.40 Å². The molecular weight excluding hydrogens is 517 g/mol. The number of Topliss-reactive ketones (excluding diaryl/α,β-unsaturated/α-hetero) is 1. The van der Waals surface area contributed by atoms with E-state index in [0.717, 1.165) is 41.6 Å². The Morgan fingerprint density at radius 3 is 2.54 bits per heavy atom. The Labute approximate surface area is 227 Å². The highest BCUT2D eigenvalue weighted by Gasteiger charge is 2.19. The fraction of sp³-hybridized carbons (Fsp3) is 0.360. The van der Waals surface area contributed by atoms with Crippen LogP contribution in [0, 0.1) is 0 Å². The van der Waals surface area contributed by atoms with Gasteiger partial charge in [0.15, 0.2) is 0 Å². The van der Waals surface area contributed by atoms with Gasteiger partial charge in [0.25, 0.3) is 5.89 Å². The molecule has 4 aromatic rings. The van der Waals surface area contributed by atoms with Crippen LogP contribution in [-0.4, -0.2) is 62.2 Å². The third-order valence-corrected chi connectivity index (χ3v) is 5.56. The van der Waals surface area contributed by atoms with Crippen LogP contribution in [0.3, 0.4) is 0 Å². The molecule has 0 unspecified atom stereocenters. The number of hydrogen-bond donors (Lipinski definition) is 2. The molecule has 12 heteroatoms. The number of amides is 1. The van der Waals surface area contributed by atoms with Crippen LogP contribution in [0.1, 0.15) is 54.7 Å². The highest BCUT2D eigenvalue weighted by Crippen LogP contribution is 2.24. The molecule has 1 atom stereocenters. The summed E-state index contributed by atoms with van der Waals surface area (Å²) in [5.41, 5.74) is 3.31. The average Bonchev–Trinajstić information content (AvgIpc) is 3.55. The van der Waals surface area contributed by atoms with Gasteiger partial charge < -0.3 is 19.6 Å². The topological polar surface area (TPSA) is 130 Å². The Morgan fingerprint density at radius 2 is 1.81 bits per heavy atom. The number of unbranched alkanes of at least 4 members (excludes halogenated alkanes) is 2. The lowest BCUT2D eigenvalue weighted by molar-refractivity contribution is -0.122. The number of aromatic nitrogens is 5. The van der Waals surface area contributed by atoms with Crippen molar-refractivity contribution in [3.05, 3.63) is 61.0 Å². The first-order valence-electron chi connectivity index (χ1n) is 11.6. The van der Waals surface area contributed by atoms with Gasteiger partial charge in [0.1, 0.15) is 12.1 Å². The number of carbonyl (C=O) groups is 2. The molecule has 3 heterocycles. The van der Waals surface area contributed by atoms with Crippen LogP contribution < -0.4 is 5.32 Å². The van der Waals surface area contributed by atoms with Crippen molar-refractivity contribution >= 4 is 47.5 Å². The van der Waals surface area contributed by atoms with E-state index in [1.54, 1.807) is 12.4 Å². The highest BCUT2D eigenvalue weighted by atomic mass is 35.5. The number of hydrogen-bond acceptors (Lipinski definition) is 8. The first-order chi connectivity index (χ1) is 17.0. The number of fused-ring (bicyclic) bond motifs is 1. The molecule has 1 aromatic carbocycles. The van der Waals surface area contributed by atoms with Crippen molar-refractivity contribution in [3.8, 4) is 11.3 Å². The minimum Gasteiger partial charge on any atom is -0.442 e. The van der Waals surface area contributed by atoms with E-state index >= 15 is 0 Å². The number of aromatic amines is 1. The van der Waals surface area contributed by atoms with E-state index in [0.29, 0.717) is 18.7 Å². The lowest BCUT2D eigenvalue weighted by atomic mass is 10.1. The summed E-state index contributed by atoms with van der Waals surface area (Å²) in [5, 5.41) is 3.09. The van der Waals surface area contributed by atoms with Crippen LogP contribution in [0.4, 0.5) is 0 Å². The lowest BCUT2D eigenvalue weighted by Crippen LogP contribution is -2.36. The average molecular weight is 548 g/mol. The quantitative estimate of drug-likeness (QED) is 0.197. The number of rotatable bonds is 12. The van der Waals surface area contributed by atoms with Gasteiger partial charge in [-0.05, 0) is 39.1 Å². The highest BCUT2D eigenvalue weighted by molar-refractivity contribution is 5.91. The molecule has 0 radical (unpaired) electrons. The third kappa shape index (κ3) is 8.34. The number of likely N-dealkylation sites (N-methyl/N-ethyl adjacent to an activating group) is 1. The lowest BCUT2D eigenvalue weighted by Gasteiger charge is -2.18. The number of nitrogens with zero attached hydrogens (tertiary/aromatic N) is 5. The molecule has 0 saturated carbocycles. The van der Waals surface area contributed by atoms with Gasteiger partial charge in [-0.3, -0.25) is 19.6 Å². The number of halogens is 2. The molecule has 4 rings (SSSR count). The van der Waals surface area contributed by atoms with E-state index in [9.17, 15) is 9.59 Å². The third-order valence-electron chi connectivity index (χ3n) is 5.56. The van der Waals surface area contributed by atoms with Crippen molar-refractivity contribution in [2.45, 2.75) is 38.1 Å². The van der Waals surface area contributed by atoms with Crippen LogP contribution in [0.25, 0.3) is 22.3 Å². The number of benzene rings is 1.